The average molecular weight is 342 g/mol. The minimum Gasteiger partial charge on any atom is -0.418 e. The van der Waals surface area contributed by atoms with Crippen LogP contribution < -0.4 is 0 Å². The highest BCUT2D eigenvalue weighted by atomic mass is 127. The van der Waals surface area contributed by atoms with E-state index in [1.165, 1.54) is 14.3 Å². The van der Waals surface area contributed by atoms with Crippen molar-refractivity contribution in [1.82, 2.24) is 0 Å². The van der Waals surface area contributed by atoms with Crippen LogP contribution in [-0.2, 0) is 0 Å². The van der Waals surface area contributed by atoms with E-state index in [-0.39, 0.29) is 1.43 Å². The largest absolute Gasteiger partial charge is 1.00 e. The van der Waals surface area contributed by atoms with Crippen molar-refractivity contribution in [3.05, 3.63) is 46.0 Å². The Kier molecular flexibility index (Phi) is 4.58. The molecule has 0 radical (unpaired) electrons. The molecule has 0 unspecified atom stereocenters. The first-order valence-electron chi connectivity index (χ1n) is 4.38. The summed E-state index contributed by atoms with van der Waals surface area (Å²) in [5.41, 5.74) is 0. The molecule has 0 fully saturated rings. The van der Waals surface area contributed by atoms with Crippen LogP contribution >= 0.6 is 22.6 Å². The van der Waals surface area contributed by atoms with Crippen LogP contribution in [0.5, 0.6) is 0 Å². The fourth-order valence-electron chi connectivity index (χ4n) is 1.19. The zero-order valence-corrected chi connectivity index (χ0v) is 10.2. The van der Waals surface area contributed by atoms with Crippen molar-refractivity contribution in [2.45, 2.75) is 0 Å². The number of rotatable bonds is 0. The number of hydrogen-bond donors (Lipinski definition) is 0. The lowest BCUT2D eigenvalue weighted by molar-refractivity contribution is 0.368. The van der Waals surface area contributed by atoms with Crippen LogP contribution in [0.15, 0.2) is 42.5 Å². The standard InChI is InChI=1S/C10H7I.BF4/c11-10-7-3-5-8-4-1-2-6-9(8)10;2-1(3,4)5/h1-7H;/q;-1/p+1. The third-order valence-electron chi connectivity index (χ3n) is 1.74. The van der Waals surface area contributed by atoms with Gasteiger partial charge in [-0.3, -0.25) is 0 Å². The Morgan fingerprint density at radius 2 is 1.38 bits per heavy atom. The highest BCUT2D eigenvalue weighted by Crippen LogP contribution is 2.19. The summed E-state index contributed by atoms with van der Waals surface area (Å²) in [6, 6.07) is 14.8. The molecule has 0 aliphatic heterocycles. The molecule has 6 heteroatoms. The molecule has 0 bridgehead atoms. The van der Waals surface area contributed by atoms with Crippen molar-refractivity contribution < 1.29 is 18.7 Å². The number of hydrogen-bond acceptors (Lipinski definition) is 0. The molecule has 0 N–H and O–H groups in total. The average Bonchev–Trinajstić information content (AvgIpc) is 2.16. The molecule has 2 aromatic carbocycles. The van der Waals surface area contributed by atoms with Gasteiger partial charge >= 0.3 is 8.68 Å². The predicted molar refractivity (Wildman–Crippen MR) is 68.0 cm³/mol. The Balaban J connectivity index is 0.000000373. The molecule has 0 aliphatic rings. The Morgan fingerprint density at radius 3 is 1.94 bits per heavy atom. The zero-order chi connectivity index (χ0) is 12.2. The van der Waals surface area contributed by atoms with E-state index in [0.717, 1.165) is 0 Å². The van der Waals surface area contributed by atoms with Crippen LogP contribution in [0.3, 0.4) is 0 Å². The smallest absolute Gasteiger partial charge is 0.418 e. The molecule has 2 rings (SSSR count). The number of fused-ring (bicyclic) bond motifs is 1. The van der Waals surface area contributed by atoms with Gasteiger partial charge in [0, 0.05) is 3.57 Å². The van der Waals surface area contributed by atoms with Gasteiger partial charge < -0.3 is 17.3 Å². The number of halogens is 5. The maximum Gasteiger partial charge on any atom is 1.00 e. The maximum absolute atomic E-state index is 9.75. The van der Waals surface area contributed by atoms with Crippen LogP contribution in [-0.4, -0.2) is 7.25 Å². The van der Waals surface area contributed by atoms with E-state index in [0.29, 0.717) is 0 Å². The van der Waals surface area contributed by atoms with Crippen molar-refractivity contribution in [3.63, 3.8) is 0 Å². The van der Waals surface area contributed by atoms with Crippen molar-refractivity contribution in [3.8, 4) is 0 Å². The van der Waals surface area contributed by atoms with Gasteiger partial charge in [-0.25, -0.2) is 0 Å². The third-order valence-corrected chi connectivity index (χ3v) is 2.68. The second-order valence-corrected chi connectivity index (χ2v) is 4.12. The van der Waals surface area contributed by atoms with Crippen molar-refractivity contribution in [1.29, 1.82) is 0 Å². The van der Waals surface area contributed by atoms with Gasteiger partial charge in [0.15, 0.2) is 0 Å². The summed E-state index contributed by atoms with van der Waals surface area (Å²) >= 11 is 2.36. The summed E-state index contributed by atoms with van der Waals surface area (Å²) in [5.74, 6) is 0. The molecular weight excluding hydrogens is 334 g/mol. The van der Waals surface area contributed by atoms with Crippen molar-refractivity contribution >= 4 is 40.6 Å². The minimum absolute atomic E-state index is 0. The normalized spacial score (nSPS) is 10.8. The predicted octanol–water partition coefficient (Wildman–Crippen LogP) is 4.86. The molecule has 0 heterocycles. The number of benzene rings is 2. The Hall–Kier alpha value is -0.785. The van der Waals surface area contributed by atoms with E-state index in [4.69, 9.17) is 0 Å². The van der Waals surface area contributed by atoms with Gasteiger partial charge in [0.1, 0.15) is 0 Å². The SMILES string of the molecule is F[B-](F)(F)F.Ic1cccc2ccccc12.[H+]. The lowest BCUT2D eigenvalue weighted by Gasteiger charge is -1.97. The van der Waals surface area contributed by atoms with Crippen LogP contribution in [0.2, 0.25) is 0 Å². The summed E-state index contributed by atoms with van der Waals surface area (Å²) < 4.78 is 40.3. The quantitative estimate of drug-likeness (QED) is 0.365. The molecular formula is C10H8BF4I. The summed E-state index contributed by atoms with van der Waals surface area (Å²) in [5, 5.41) is 2.66. The first-order chi connectivity index (χ1) is 7.38. The summed E-state index contributed by atoms with van der Waals surface area (Å²) in [6.45, 7) is 0. The van der Waals surface area contributed by atoms with Crippen LogP contribution in [0.1, 0.15) is 1.43 Å². The van der Waals surface area contributed by atoms with E-state index in [2.05, 4.69) is 65.1 Å². The molecule has 0 amide bonds. The molecule has 2 aromatic rings. The van der Waals surface area contributed by atoms with Gasteiger partial charge in [0.25, 0.3) is 0 Å². The molecule has 0 aromatic heterocycles. The summed E-state index contributed by atoms with van der Waals surface area (Å²) in [6.07, 6.45) is 0. The highest BCUT2D eigenvalue weighted by molar-refractivity contribution is 14.1. The maximum atomic E-state index is 9.75. The van der Waals surface area contributed by atoms with Crippen LogP contribution in [0.4, 0.5) is 17.3 Å². The first-order valence-corrected chi connectivity index (χ1v) is 5.46. The minimum atomic E-state index is -6.00. The summed E-state index contributed by atoms with van der Waals surface area (Å²) in [4.78, 5) is 0. The van der Waals surface area contributed by atoms with Gasteiger partial charge in [0.2, 0.25) is 0 Å². The molecule has 0 nitrogen and oxygen atoms in total. The molecule has 0 saturated heterocycles. The first kappa shape index (κ1) is 13.3. The van der Waals surface area contributed by atoms with E-state index < -0.39 is 7.25 Å². The Bertz CT molecular complexity index is 464. The van der Waals surface area contributed by atoms with Gasteiger partial charge in [-0.05, 0) is 39.4 Å². The topological polar surface area (TPSA) is 0 Å². The Morgan fingerprint density at radius 1 is 0.875 bits per heavy atom. The molecule has 86 valence electrons. The van der Waals surface area contributed by atoms with Crippen LogP contribution in [0.25, 0.3) is 10.8 Å². The molecule has 16 heavy (non-hydrogen) atoms. The highest BCUT2D eigenvalue weighted by Gasteiger charge is 2.20. The second kappa shape index (κ2) is 5.52. The Labute approximate surface area is 105 Å². The molecule has 0 saturated carbocycles. The van der Waals surface area contributed by atoms with Crippen molar-refractivity contribution in [2.75, 3.05) is 0 Å². The fraction of sp³-hybridized carbons (Fsp3) is 0. The third kappa shape index (κ3) is 4.83. The zero-order valence-electron chi connectivity index (χ0n) is 9.01. The van der Waals surface area contributed by atoms with E-state index in [1.807, 2.05) is 0 Å². The lowest BCUT2D eigenvalue weighted by atomic mass is 10.1. The van der Waals surface area contributed by atoms with E-state index >= 15 is 0 Å². The molecule has 0 atom stereocenters. The van der Waals surface area contributed by atoms with Gasteiger partial charge in [0.05, 0.1) is 0 Å². The fourth-order valence-corrected chi connectivity index (χ4v) is 1.88. The van der Waals surface area contributed by atoms with E-state index in [9.17, 15) is 17.3 Å². The molecule has 0 aliphatic carbocycles. The van der Waals surface area contributed by atoms with Gasteiger partial charge in [-0.2, -0.15) is 0 Å². The van der Waals surface area contributed by atoms with Gasteiger partial charge in [-0.15, -0.1) is 0 Å². The van der Waals surface area contributed by atoms with Gasteiger partial charge in [-0.1, -0.05) is 36.4 Å². The van der Waals surface area contributed by atoms with Crippen LogP contribution in [0, 0.1) is 3.57 Å². The van der Waals surface area contributed by atoms with Crippen molar-refractivity contribution in [2.24, 2.45) is 0 Å². The molecule has 0 spiro atoms. The summed E-state index contributed by atoms with van der Waals surface area (Å²) in [7, 11) is -6.00. The second-order valence-electron chi connectivity index (χ2n) is 2.96. The lowest BCUT2D eigenvalue weighted by Crippen LogP contribution is -2.02. The monoisotopic (exact) mass is 342 g/mol. The van der Waals surface area contributed by atoms with E-state index in [1.54, 1.807) is 0 Å².